The molecule has 0 spiro atoms. The van der Waals surface area contributed by atoms with Gasteiger partial charge in [-0.3, -0.25) is 4.79 Å². The molecule has 2 aromatic rings. The van der Waals surface area contributed by atoms with Gasteiger partial charge in [-0.25, -0.2) is 9.97 Å². The summed E-state index contributed by atoms with van der Waals surface area (Å²) in [5, 5.41) is 6.77. The fourth-order valence-corrected chi connectivity index (χ4v) is 2.31. The number of carbonyl (C=O) groups is 1. The number of aromatic nitrogens is 2. The van der Waals surface area contributed by atoms with Gasteiger partial charge in [0.25, 0.3) is 5.91 Å². The maximum Gasteiger partial charge on any atom is 0.270 e. The molecule has 0 aliphatic carbocycles. The van der Waals surface area contributed by atoms with E-state index in [1.807, 2.05) is 19.0 Å². The van der Waals surface area contributed by atoms with Gasteiger partial charge in [0.2, 0.25) is 5.95 Å². The van der Waals surface area contributed by atoms with Crippen LogP contribution in [0, 0.1) is 0 Å². The third kappa shape index (κ3) is 5.67. The molecule has 1 aromatic heterocycles. The molecule has 2 N–H and O–H groups in total. The van der Waals surface area contributed by atoms with Gasteiger partial charge in [-0.15, -0.1) is 0 Å². The topological polar surface area (TPSA) is 70.2 Å². The lowest BCUT2D eigenvalue weighted by molar-refractivity contribution is 0.0946. The number of benzene rings is 1. The number of nitrogens with one attached hydrogen (secondary N) is 2. The predicted molar refractivity (Wildman–Crippen MR) is 92.7 cm³/mol. The Labute approximate surface area is 144 Å². The molecule has 0 fully saturated rings. The van der Waals surface area contributed by atoms with Gasteiger partial charge >= 0.3 is 0 Å². The van der Waals surface area contributed by atoms with Crippen LogP contribution in [0.5, 0.6) is 0 Å². The molecule has 122 valence electrons. The molecular formula is C15H17Cl2N5O. The largest absolute Gasteiger partial charge is 0.349 e. The van der Waals surface area contributed by atoms with Gasteiger partial charge < -0.3 is 15.5 Å². The van der Waals surface area contributed by atoms with Gasteiger partial charge in [-0.2, -0.15) is 0 Å². The van der Waals surface area contributed by atoms with Crippen LogP contribution in [0.3, 0.4) is 0 Å². The molecule has 0 bridgehead atoms. The minimum atomic E-state index is -0.249. The second-order valence-electron chi connectivity index (χ2n) is 5.11. The molecule has 0 saturated carbocycles. The highest BCUT2D eigenvalue weighted by atomic mass is 35.5. The molecule has 0 unspecified atom stereocenters. The van der Waals surface area contributed by atoms with Crippen LogP contribution in [0.1, 0.15) is 10.5 Å². The molecule has 1 heterocycles. The fourth-order valence-electron chi connectivity index (χ4n) is 1.78. The standard InChI is InChI=1S/C15H17Cl2N5O/c1-22(2)6-5-18-14(23)13-3-4-19-15(21-13)20-12-8-10(16)7-11(17)9-12/h3-4,7-9H,5-6H2,1-2H3,(H,18,23)(H,19,20,21). The quantitative estimate of drug-likeness (QED) is 0.835. The molecule has 1 aromatic carbocycles. The Bertz CT molecular complexity index is 673. The second-order valence-corrected chi connectivity index (χ2v) is 5.98. The summed E-state index contributed by atoms with van der Waals surface area (Å²) >= 11 is 11.9. The van der Waals surface area contributed by atoms with Crippen molar-refractivity contribution in [2.24, 2.45) is 0 Å². The molecule has 0 aliphatic heterocycles. The first-order valence-corrected chi connectivity index (χ1v) is 7.69. The summed E-state index contributed by atoms with van der Waals surface area (Å²) in [6, 6.07) is 6.58. The van der Waals surface area contributed by atoms with E-state index in [1.165, 1.54) is 6.20 Å². The number of hydrogen-bond acceptors (Lipinski definition) is 5. The van der Waals surface area contributed by atoms with Gasteiger partial charge in [0.05, 0.1) is 0 Å². The van der Waals surface area contributed by atoms with Gasteiger partial charge in [-0.1, -0.05) is 23.2 Å². The molecule has 0 saturated heterocycles. The highest BCUT2D eigenvalue weighted by molar-refractivity contribution is 6.35. The lowest BCUT2D eigenvalue weighted by Gasteiger charge is -2.10. The Kier molecular flexibility index (Phi) is 6.15. The first-order valence-electron chi connectivity index (χ1n) is 6.93. The summed E-state index contributed by atoms with van der Waals surface area (Å²) in [6.07, 6.45) is 1.52. The fraction of sp³-hybridized carbons (Fsp3) is 0.267. The van der Waals surface area contributed by atoms with Crippen molar-refractivity contribution < 1.29 is 4.79 Å². The number of anilines is 2. The monoisotopic (exact) mass is 353 g/mol. The number of amides is 1. The smallest absolute Gasteiger partial charge is 0.270 e. The van der Waals surface area contributed by atoms with Crippen LogP contribution in [0.25, 0.3) is 0 Å². The summed E-state index contributed by atoms with van der Waals surface area (Å²) in [7, 11) is 3.88. The highest BCUT2D eigenvalue weighted by Crippen LogP contribution is 2.24. The number of likely N-dealkylation sites (N-methyl/N-ethyl adjacent to an activating group) is 1. The third-order valence-electron chi connectivity index (χ3n) is 2.85. The number of carbonyl (C=O) groups excluding carboxylic acids is 1. The molecule has 23 heavy (non-hydrogen) atoms. The minimum absolute atomic E-state index is 0.249. The Hall–Kier alpha value is -1.89. The highest BCUT2D eigenvalue weighted by Gasteiger charge is 2.09. The molecule has 8 heteroatoms. The van der Waals surface area contributed by atoms with E-state index in [0.717, 1.165) is 6.54 Å². The summed E-state index contributed by atoms with van der Waals surface area (Å²) in [6.45, 7) is 1.30. The van der Waals surface area contributed by atoms with Crippen molar-refractivity contribution in [2.45, 2.75) is 0 Å². The Balaban J connectivity index is 2.05. The summed E-state index contributed by atoms with van der Waals surface area (Å²) in [4.78, 5) is 22.3. The number of hydrogen-bond donors (Lipinski definition) is 2. The lowest BCUT2D eigenvalue weighted by Crippen LogP contribution is -2.31. The van der Waals surface area contributed by atoms with E-state index < -0.39 is 0 Å². The van der Waals surface area contributed by atoms with Crippen molar-refractivity contribution in [1.29, 1.82) is 0 Å². The zero-order valence-corrected chi connectivity index (χ0v) is 14.3. The van der Waals surface area contributed by atoms with Crippen molar-refractivity contribution in [3.63, 3.8) is 0 Å². The molecule has 2 rings (SSSR count). The van der Waals surface area contributed by atoms with Gasteiger partial charge in [0, 0.05) is 35.0 Å². The van der Waals surface area contributed by atoms with E-state index in [-0.39, 0.29) is 11.6 Å². The lowest BCUT2D eigenvalue weighted by atomic mass is 10.3. The van der Waals surface area contributed by atoms with Crippen molar-refractivity contribution in [2.75, 3.05) is 32.5 Å². The summed E-state index contributed by atoms with van der Waals surface area (Å²) in [5.41, 5.74) is 0.932. The van der Waals surface area contributed by atoms with Crippen LogP contribution in [-0.2, 0) is 0 Å². The van der Waals surface area contributed by atoms with E-state index >= 15 is 0 Å². The van der Waals surface area contributed by atoms with Crippen LogP contribution in [0.2, 0.25) is 10.0 Å². The van der Waals surface area contributed by atoms with Gasteiger partial charge in [-0.05, 0) is 38.4 Å². The molecule has 0 radical (unpaired) electrons. The molecular weight excluding hydrogens is 337 g/mol. The first-order chi connectivity index (χ1) is 10.9. The van der Waals surface area contributed by atoms with Gasteiger partial charge in [0.1, 0.15) is 5.69 Å². The summed E-state index contributed by atoms with van der Waals surface area (Å²) in [5.74, 6) is 0.0463. The van der Waals surface area contributed by atoms with Crippen LogP contribution >= 0.6 is 23.2 Å². The van der Waals surface area contributed by atoms with E-state index in [9.17, 15) is 4.79 Å². The normalized spacial score (nSPS) is 10.7. The van der Waals surface area contributed by atoms with Crippen LogP contribution in [0.15, 0.2) is 30.5 Å². The molecule has 1 amide bonds. The SMILES string of the molecule is CN(C)CCNC(=O)c1ccnc(Nc2cc(Cl)cc(Cl)c2)n1. The zero-order valence-electron chi connectivity index (χ0n) is 12.8. The first kappa shape index (κ1) is 17.5. The number of nitrogens with zero attached hydrogens (tertiary/aromatic N) is 3. The number of rotatable bonds is 6. The van der Waals surface area contributed by atoms with E-state index in [2.05, 4.69) is 20.6 Å². The van der Waals surface area contributed by atoms with Crippen LogP contribution < -0.4 is 10.6 Å². The average molecular weight is 354 g/mol. The van der Waals surface area contributed by atoms with E-state index in [1.54, 1.807) is 24.3 Å². The molecule has 0 atom stereocenters. The minimum Gasteiger partial charge on any atom is -0.349 e. The predicted octanol–water partition coefficient (Wildman–Crippen LogP) is 2.82. The zero-order chi connectivity index (χ0) is 16.8. The van der Waals surface area contributed by atoms with Crippen molar-refractivity contribution in [1.82, 2.24) is 20.2 Å². The van der Waals surface area contributed by atoms with E-state index in [0.29, 0.717) is 28.2 Å². The second kappa shape index (κ2) is 8.10. The van der Waals surface area contributed by atoms with E-state index in [4.69, 9.17) is 23.2 Å². The van der Waals surface area contributed by atoms with Crippen molar-refractivity contribution in [3.05, 3.63) is 46.2 Å². The van der Waals surface area contributed by atoms with Crippen molar-refractivity contribution >= 4 is 40.7 Å². The van der Waals surface area contributed by atoms with Crippen LogP contribution in [0.4, 0.5) is 11.6 Å². The maximum atomic E-state index is 12.0. The van der Waals surface area contributed by atoms with Crippen molar-refractivity contribution in [3.8, 4) is 0 Å². The number of halogens is 2. The average Bonchev–Trinajstić information content (AvgIpc) is 2.46. The molecule has 0 aliphatic rings. The Morgan fingerprint density at radius 2 is 1.91 bits per heavy atom. The molecule has 6 nitrogen and oxygen atoms in total. The van der Waals surface area contributed by atoms with Crippen LogP contribution in [-0.4, -0.2) is 48.0 Å². The van der Waals surface area contributed by atoms with Gasteiger partial charge in [0.15, 0.2) is 0 Å². The Morgan fingerprint density at radius 3 is 2.57 bits per heavy atom. The summed E-state index contributed by atoms with van der Waals surface area (Å²) < 4.78 is 0. The third-order valence-corrected chi connectivity index (χ3v) is 3.29. The Morgan fingerprint density at radius 1 is 1.22 bits per heavy atom. The maximum absolute atomic E-state index is 12.0.